The zero-order valence-electron chi connectivity index (χ0n) is 10.1. The highest BCUT2D eigenvalue weighted by Crippen LogP contribution is 2.22. The Bertz CT molecular complexity index is 534. The van der Waals surface area contributed by atoms with Crippen molar-refractivity contribution in [1.82, 2.24) is 0 Å². The fraction of sp³-hybridized carbons (Fsp3) is 0.125. The molecule has 2 aromatic carbocycles. The van der Waals surface area contributed by atoms with Gasteiger partial charge in [0.2, 0.25) is 0 Å². The van der Waals surface area contributed by atoms with Gasteiger partial charge in [0.25, 0.3) is 0 Å². The molecule has 0 saturated heterocycles. The second-order valence-electron chi connectivity index (χ2n) is 4.27. The Labute approximate surface area is 107 Å². The highest BCUT2D eigenvalue weighted by Gasteiger charge is 2.13. The molecule has 0 unspecified atom stereocenters. The molecule has 90 valence electrons. The normalized spacial score (nSPS) is 15.3. The van der Waals surface area contributed by atoms with Crippen molar-refractivity contribution in [2.75, 3.05) is 18.2 Å². The van der Waals surface area contributed by atoms with Crippen LogP contribution in [0.2, 0.25) is 0 Å². The molecule has 2 nitrogen and oxygen atoms in total. The summed E-state index contributed by atoms with van der Waals surface area (Å²) in [5, 5.41) is 1.92. The van der Waals surface area contributed by atoms with E-state index in [2.05, 4.69) is 42.5 Å². The van der Waals surface area contributed by atoms with Crippen molar-refractivity contribution in [2.45, 2.75) is 0 Å². The van der Waals surface area contributed by atoms with Gasteiger partial charge in [0, 0.05) is 0 Å². The molecule has 0 atom stereocenters. The van der Waals surface area contributed by atoms with Crippen molar-refractivity contribution < 1.29 is 4.84 Å². The van der Waals surface area contributed by atoms with E-state index in [1.165, 1.54) is 11.1 Å². The van der Waals surface area contributed by atoms with Crippen LogP contribution in [-0.4, -0.2) is 13.2 Å². The van der Waals surface area contributed by atoms with Gasteiger partial charge in [-0.2, -0.15) is 0 Å². The summed E-state index contributed by atoms with van der Waals surface area (Å²) in [4.78, 5) is 5.80. The Morgan fingerprint density at radius 1 is 0.833 bits per heavy atom. The minimum Gasteiger partial charge on any atom is -0.268 e. The second kappa shape index (κ2) is 5.07. The largest absolute Gasteiger partial charge is 0.268 e. The highest BCUT2D eigenvalue weighted by molar-refractivity contribution is 5.68. The van der Waals surface area contributed by atoms with Crippen molar-refractivity contribution >= 4 is 11.3 Å². The van der Waals surface area contributed by atoms with Crippen LogP contribution in [0.15, 0.2) is 66.7 Å². The topological polar surface area (TPSA) is 12.5 Å². The first-order chi connectivity index (χ1) is 8.93. The quantitative estimate of drug-likeness (QED) is 0.792. The van der Waals surface area contributed by atoms with Crippen LogP contribution >= 0.6 is 0 Å². The molecule has 0 spiro atoms. The lowest BCUT2D eigenvalue weighted by Crippen LogP contribution is -2.28. The van der Waals surface area contributed by atoms with Crippen LogP contribution in [0.1, 0.15) is 5.56 Å². The molecule has 0 amide bonds. The summed E-state index contributed by atoms with van der Waals surface area (Å²) in [6, 6.07) is 20.6. The lowest BCUT2D eigenvalue weighted by Gasteiger charge is -2.27. The number of nitrogens with zero attached hydrogens (tertiary/aromatic N) is 1. The van der Waals surface area contributed by atoms with Gasteiger partial charge < -0.3 is 0 Å². The summed E-state index contributed by atoms with van der Waals surface area (Å²) in [6.45, 7) is 1.41. The van der Waals surface area contributed by atoms with Gasteiger partial charge in [-0.15, -0.1) is 0 Å². The molecule has 0 aliphatic carbocycles. The summed E-state index contributed by atoms with van der Waals surface area (Å²) in [6.07, 6.45) is 2.23. The Hall–Kier alpha value is -2.06. The maximum absolute atomic E-state index is 5.80. The van der Waals surface area contributed by atoms with Crippen molar-refractivity contribution in [3.8, 4) is 0 Å². The van der Waals surface area contributed by atoms with Crippen LogP contribution in [0.25, 0.3) is 5.57 Å². The van der Waals surface area contributed by atoms with Gasteiger partial charge in [-0.1, -0.05) is 54.6 Å². The number of rotatable bonds is 2. The van der Waals surface area contributed by atoms with E-state index in [9.17, 15) is 0 Å². The van der Waals surface area contributed by atoms with E-state index in [1.54, 1.807) is 0 Å². The van der Waals surface area contributed by atoms with Crippen LogP contribution in [0, 0.1) is 0 Å². The van der Waals surface area contributed by atoms with Gasteiger partial charge in [-0.3, -0.25) is 4.84 Å². The van der Waals surface area contributed by atoms with Crippen LogP contribution in [0.5, 0.6) is 0 Å². The van der Waals surface area contributed by atoms with Crippen LogP contribution < -0.4 is 5.06 Å². The highest BCUT2D eigenvalue weighted by atomic mass is 16.7. The molecule has 0 saturated carbocycles. The van der Waals surface area contributed by atoms with E-state index < -0.39 is 0 Å². The monoisotopic (exact) mass is 237 g/mol. The Morgan fingerprint density at radius 2 is 1.50 bits per heavy atom. The third-order valence-electron chi connectivity index (χ3n) is 3.07. The predicted octanol–water partition coefficient (Wildman–Crippen LogP) is 3.52. The lowest BCUT2D eigenvalue weighted by atomic mass is 10.1. The molecule has 1 heterocycles. The molecule has 1 aliphatic heterocycles. The van der Waals surface area contributed by atoms with Gasteiger partial charge >= 0.3 is 0 Å². The Kier molecular flexibility index (Phi) is 3.11. The van der Waals surface area contributed by atoms with Gasteiger partial charge in [0.05, 0.1) is 12.2 Å². The molecule has 2 heteroatoms. The fourth-order valence-corrected chi connectivity index (χ4v) is 2.08. The smallest absolute Gasteiger partial charge is 0.100 e. The maximum Gasteiger partial charge on any atom is 0.100 e. The van der Waals surface area contributed by atoms with Gasteiger partial charge in [0.1, 0.15) is 6.61 Å². The zero-order valence-corrected chi connectivity index (χ0v) is 10.1. The molecular weight excluding hydrogens is 222 g/mol. The van der Waals surface area contributed by atoms with Crippen LogP contribution in [0.4, 0.5) is 5.69 Å². The van der Waals surface area contributed by atoms with Gasteiger partial charge in [0.15, 0.2) is 0 Å². The second-order valence-corrected chi connectivity index (χ2v) is 4.27. The first kappa shape index (κ1) is 11.1. The van der Waals surface area contributed by atoms with Crippen molar-refractivity contribution in [1.29, 1.82) is 0 Å². The maximum atomic E-state index is 5.80. The fourth-order valence-electron chi connectivity index (χ4n) is 2.08. The molecule has 0 fully saturated rings. The van der Waals surface area contributed by atoms with Crippen molar-refractivity contribution in [3.63, 3.8) is 0 Å². The summed E-state index contributed by atoms with van der Waals surface area (Å²) >= 11 is 0. The number of anilines is 1. The summed E-state index contributed by atoms with van der Waals surface area (Å²) < 4.78 is 0. The van der Waals surface area contributed by atoms with E-state index >= 15 is 0 Å². The molecule has 0 radical (unpaired) electrons. The van der Waals surface area contributed by atoms with Crippen LogP contribution in [-0.2, 0) is 4.84 Å². The van der Waals surface area contributed by atoms with Crippen LogP contribution in [0.3, 0.4) is 0 Å². The third kappa shape index (κ3) is 2.29. The number of hydrogen-bond acceptors (Lipinski definition) is 2. The minimum absolute atomic E-state index is 0.624. The molecule has 1 aliphatic rings. The number of hydroxylamine groups is 1. The van der Waals surface area contributed by atoms with E-state index in [1.807, 2.05) is 29.3 Å². The Morgan fingerprint density at radius 3 is 2.11 bits per heavy atom. The van der Waals surface area contributed by atoms with E-state index in [4.69, 9.17) is 4.84 Å². The van der Waals surface area contributed by atoms with Gasteiger partial charge in [-0.05, 0) is 23.3 Å². The zero-order chi connectivity index (χ0) is 12.2. The molecule has 2 aromatic rings. The number of benzene rings is 2. The third-order valence-corrected chi connectivity index (χ3v) is 3.07. The Balaban J connectivity index is 1.76. The molecule has 0 bridgehead atoms. The van der Waals surface area contributed by atoms with E-state index in [0.29, 0.717) is 6.61 Å². The molecule has 18 heavy (non-hydrogen) atoms. The van der Waals surface area contributed by atoms with Gasteiger partial charge in [-0.25, -0.2) is 5.06 Å². The number of para-hydroxylation sites is 1. The van der Waals surface area contributed by atoms with Crippen molar-refractivity contribution in [2.24, 2.45) is 0 Å². The first-order valence-corrected chi connectivity index (χ1v) is 6.13. The minimum atomic E-state index is 0.624. The van der Waals surface area contributed by atoms with Crippen molar-refractivity contribution in [3.05, 3.63) is 72.3 Å². The molecule has 0 N–H and O–H groups in total. The number of hydrogen-bond donors (Lipinski definition) is 0. The average molecular weight is 237 g/mol. The predicted molar refractivity (Wildman–Crippen MR) is 74.2 cm³/mol. The molecule has 3 rings (SSSR count). The van der Waals surface area contributed by atoms with E-state index in [-0.39, 0.29) is 0 Å². The van der Waals surface area contributed by atoms with E-state index in [0.717, 1.165) is 12.2 Å². The first-order valence-electron chi connectivity index (χ1n) is 6.13. The molecular formula is C16H15NO. The summed E-state index contributed by atoms with van der Waals surface area (Å²) in [5.41, 5.74) is 3.59. The SMILES string of the molecule is C1=C(c2ccccc2)CON(c2ccccc2)C1. The average Bonchev–Trinajstić information content (AvgIpc) is 2.49. The molecule has 0 aromatic heterocycles. The standard InChI is InChI=1S/C16H15NO/c1-3-7-14(8-4-1)15-11-12-17(18-13-15)16-9-5-2-6-10-16/h1-11H,12-13H2. The summed E-state index contributed by atoms with van der Waals surface area (Å²) in [5.74, 6) is 0. The lowest BCUT2D eigenvalue weighted by molar-refractivity contribution is 0.138. The summed E-state index contributed by atoms with van der Waals surface area (Å²) in [7, 11) is 0.